The predicted octanol–water partition coefficient (Wildman–Crippen LogP) is 3.35. The molecule has 2 saturated heterocycles. The van der Waals surface area contributed by atoms with Crippen LogP contribution in [0.1, 0.15) is 43.2 Å². The molecule has 2 fully saturated rings. The monoisotopic (exact) mass is 499 g/mol. The van der Waals surface area contributed by atoms with Crippen LogP contribution in [0.15, 0.2) is 47.4 Å². The number of benzene rings is 2. The number of ether oxygens (including phenoxy) is 1. The lowest BCUT2D eigenvalue weighted by molar-refractivity contribution is -0.129. The van der Waals surface area contributed by atoms with Crippen molar-refractivity contribution in [3.63, 3.8) is 0 Å². The second kappa shape index (κ2) is 11.2. The smallest absolute Gasteiger partial charge is 0.262 e. The first kappa shape index (κ1) is 25.2. The van der Waals surface area contributed by atoms with Crippen molar-refractivity contribution in [2.75, 3.05) is 38.1 Å². The number of hydrogen-bond donors (Lipinski definition) is 1. The maximum atomic E-state index is 12.9. The number of likely N-dealkylation sites (tertiary alicyclic amines) is 1. The fourth-order valence-electron chi connectivity index (χ4n) is 4.50. The zero-order valence-electron chi connectivity index (χ0n) is 20.2. The van der Waals surface area contributed by atoms with Crippen LogP contribution >= 0.6 is 0 Å². The van der Waals surface area contributed by atoms with Gasteiger partial charge in [-0.05, 0) is 74.1 Å². The van der Waals surface area contributed by atoms with Gasteiger partial charge in [0.1, 0.15) is 5.75 Å². The molecule has 0 unspecified atom stereocenters. The summed E-state index contributed by atoms with van der Waals surface area (Å²) in [6, 6.07) is 12.0. The average Bonchev–Trinajstić information content (AvgIpc) is 3.40. The van der Waals surface area contributed by atoms with Gasteiger partial charge >= 0.3 is 0 Å². The van der Waals surface area contributed by atoms with Crippen LogP contribution in [0.3, 0.4) is 0 Å². The van der Waals surface area contributed by atoms with E-state index in [-0.39, 0.29) is 23.3 Å². The van der Waals surface area contributed by atoms with Crippen molar-refractivity contribution in [2.24, 2.45) is 0 Å². The number of rotatable bonds is 8. The van der Waals surface area contributed by atoms with E-state index in [4.69, 9.17) is 4.74 Å². The number of carbonyl (C=O) groups excluding carboxylic acids is 2. The van der Waals surface area contributed by atoms with Crippen LogP contribution in [0, 0.1) is 6.92 Å². The molecule has 0 spiro atoms. The average molecular weight is 500 g/mol. The SMILES string of the molecule is Cc1cc(S(=O)(=O)N2CCCCC2)ccc1OCC(=O)Nc1ccc(CC(=O)N2CCCC2)cc1. The highest BCUT2D eigenvalue weighted by molar-refractivity contribution is 7.89. The van der Waals surface area contributed by atoms with Gasteiger partial charge in [0.2, 0.25) is 15.9 Å². The molecule has 0 aromatic heterocycles. The molecule has 4 rings (SSSR count). The minimum absolute atomic E-state index is 0.137. The summed E-state index contributed by atoms with van der Waals surface area (Å²) < 4.78 is 32.9. The van der Waals surface area contributed by atoms with Gasteiger partial charge in [-0.1, -0.05) is 18.6 Å². The van der Waals surface area contributed by atoms with Crippen molar-refractivity contribution in [1.82, 2.24) is 9.21 Å². The van der Waals surface area contributed by atoms with Crippen molar-refractivity contribution in [2.45, 2.75) is 50.3 Å². The summed E-state index contributed by atoms with van der Waals surface area (Å²) in [5, 5.41) is 2.78. The highest BCUT2D eigenvalue weighted by Gasteiger charge is 2.26. The Bertz CT molecular complexity index is 1150. The summed E-state index contributed by atoms with van der Waals surface area (Å²) >= 11 is 0. The third-order valence-corrected chi connectivity index (χ3v) is 8.40. The van der Waals surface area contributed by atoms with E-state index in [9.17, 15) is 18.0 Å². The molecule has 2 aliphatic rings. The van der Waals surface area contributed by atoms with E-state index in [1.807, 2.05) is 17.0 Å². The van der Waals surface area contributed by atoms with Crippen molar-refractivity contribution >= 4 is 27.5 Å². The van der Waals surface area contributed by atoms with Crippen molar-refractivity contribution in [1.29, 1.82) is 0 Å². The molecule has 1 N–H and O–H groups in total. The van der Waals surface area contributed by atoms with Crippen LogP contribution in [0.5, 0.6) is 5.75 Å². The van der Waals surface area contributed by atoms with E-state index < -0.39 is 10.0 Å². The quantitative estimate of drug-likeness (QED) is 0.601. The molecule has 2 aromatic carbocycles. The molecular formula is C26H33N3O5S. The first-order valence-corrected chi connectivity index (χ1v) is 13.7. The number of hydrogen-bond acceptors (Lipinski definition) is 5. The number of nitrogens with one attached hydrogen (secondary N) is 1. The molecule has 35 heavy (non-hydrogen) atoms. The van der Waals surface area contributed by atoms with Crippen LogP contribution in [-0.2, 0) is 26.0 Å². The third kappa shape index (κ3) is 6.41. The zero-order valence-corrected chi connectivity index (χ0v) is 21.0. The van der Waals surface area contributed by atoms with E-state index in [0.717, 1.165) is 50.8 Å². The Hall–Kier alpha value is -2.91. The van der Waals surface area contributed by atoms with Crippen LogP contribution in [0.25, 0.3) is 0 Å². The van der Waals surface area contributed by atoms with E-state index in [0.29, 0.717) is 36.5 Å². The molecule has 2 aliphatic heterocycles. The number of amides is 2. The lowest BCUT2D eigenvalue weighted by Gasteiger charge is -2.26. The minimum Gasteiger partial charge on any atom is -0.483 e. The van der Waals surface area contributed by atoms with Gasteiger partial charge in [-0.3, -0.25) is 9.59 Å². The Balaban J connectivity index is 1.28. The molecule has 9 heteroatoms. The Morgan fingerprint density at radius 3 is 2.23 bits per heavy atom. The summed E-state index contributed by atoms with van der Waals surface area (Å²) in [5.41, 5.74) is 2.19. The molecule has 0 atom stereocenters. The molecule has 8 nitrogen and oxygen atoms in total. The van der Waals surface area contributed by atoms with Gasteiger partial charge in [0.05, 0.1) is 11.3 Å². The zero-order chi connectivity index (χ0) is 24.8. The summed E-state index contributed by atoms with van der Waals surface area (Å²) in [5.74, 6) is 0.279. The predicted molar refractivity (Wildman–Crippen MR) is 134 cm³/mol. The highest BCUT2D eigenvalue weighted by atomic mass is 32.2. The molecule has 0 saturated carbocycles. The van der Waals surface area contributed by atoms with Crippen LogP contribution in [0.4, 0.5) is 5.69 Å². The molecule has 2 heterocycles. The maximum Gasteiger partial charge on any atom is 0.262 e. The molecule has 0 aliphatic carbocycles. The Labute approximate surface area is 207 Å². The first-order valence-electron chi connectivity index (χ1n) is 12.2. The van der Waals surface area contributed by atoms with Gasteiger partial charge in [-0.2, -0.15) is 4.31 Å². The molecule has 2 amide bonds. The summed E-state index contributed by atoms with van der Waals surface area (Å²) in [7, 11) is -3.51. The molecule has 0 bridgehead atoms. The van der Waals surface area contributed by atoms with Crippen molar-refractivity contribution < 1.29 is 22.7 Å². The van der Waals surface area contributed by atoms with Gasteiger partial charge < -0.3 is 15.0 Å². The fourth-order valence-corrected chi connectivity index (χ4v) is 6.10. The van der Waals surface area contributed by atoms with E-state index in [2.05, 4.69) is 5.32 Å². The van der Waals surface area contributed by atoms with Gasteiger partial charge in [0.15, 0.2) is 6.61 Å². The number of anilines is 1. The van der Waals surface area contributed by atoms with E-state index in [1.165, 1.54) is 10.4 Å². The normalized spacial score (nSPS) is 16.8. The van der Waals surface area contributed by atoms with Crippen LogP contribution in [-0.4, -0.2) is 62.2 Å². The van der Waals surface area contributed by atoms with Gasteiger partial charge in [0.25, 0.3) is 5.91 Å². The maximum absolute atomic E-state index is 12.9. The van der Waals surface area contributed by atoms with Gasteiger partial charge in [-0.15, -0.1) is 0 Å². The number of nitrogens with zero attached hydrogens (tertiary/aromatic N) is 2. The van der Waals surface area contributed by atoms with Gasteiger partial charge in [0, 0.05) is 31.9 Å². The highest BCUT2D eigenvalue weighted by Crippen LogP contribution is 2.26. The summed E-state index contributed by atoms with van der Waals surface area (Å²) in [6.45, 7) is 4.34. The summed E-state index contributed by atoms with van der Waals surface area (Å²) in [6.07, 6.45) is 5.32. The Morgan fingerprint density at radius 1 is 0.914 bits per heavy atom. The van der Waals surface area contributed by atoms with E-state index in [1.54, 1.807) is 31.2 Å². The summed E-state index contributed by atoms with van der Waals surface area (Å²) in [4.78, 5) is 26.8. The third-order valence-electron chi connectivity index (χ3n) is 6.51. The largest absolute Gasteiger partial charge is 0.483 e. The Morgan fingerprint density at radius 2 is 1.57 bits per heavy atom. The molecule has 2 aromatic rings. The van der Waals surface area contributed by atoms with Crippen LogP contribution < -0.4 is 10.1 Å². The van der Waals surface area contributed by atoms with Crippen molar-refractivity contribution in [3.8, 4) is 5.75 Å². The Kier molecular flexibility index (Phi) is 8.07. The number of aryl methyl sites for hydroxylation is 1. The standard InChI is InChI=1S/C26H33N3O5S/c1-20-17-23(35(32,33)29-15-3-2-4-16-29)11-12-24(20)34-19-25(30)27-22-9-7-21(8-10-22)18-26(31)28-13-5-6-14-28/h7-12,17H,2-6,13-16,18-19H2,1H3,(H,27,30). The molecule has 188 valence electrons. The number of sulfonamides is 1. The number of piperidine rings is 1. The van der Waals surface area contributed by atoms with Crippen LogP contribution in [0.2, 0.25) is 0 Å². The lowest BCUT2D eigenvalue weighted by atomic mass is 10.1. The van der Waals surface area contributed by atoms with Crippen molar-refractivity contribution in [3.05, 3.63) is 53.6 Å². The van der Waals surface area contributed by atoms with Gasteiger partial charge in [-0.25, -0.2) is 8.42 Å². The van der Waals surface area contributed by atoms with E-state index >= 15 is 0 Å². The second-order valence-corrected chi connectivity index (χ2v) is 11.1. The fraction of sp³-hybridized carbons (Fsp3) is 0.462. The second-order valence-electron chi connectivity index (χ2n) is 9.19. The molecular weight excluding hydrogens is 466 g/mol. The topological polar surface area (TPSA) is 96.0 Å². The lowest BCUT2D eigenvalue weighted by Crippen LogP contribution is -2.35. The minimum atomic E-state index is -3.51. The molecule has 0 radical (unpaired) electrons. The first-order chi connectivity index (χ1) is 16.8. The number of carbonyl (C=O) groups is 2.